The van der Waals surface area contributed by atoms with Crippen molar-refractivity contribution in [2.24, 2.45) is 11.8 Å². The van der Waals surface area contributed by atoms with Gasteiger partial charge in [-0.2, -0.15) is 0 Å². The van der Waals surface area contributed by atoms with Crippen LogP contribution in [0.2, 0.25) is 0 Å². The molecular weight excluding hydrogens is 929 g/mol. The van der Waals surface area contributed by atoms with Crippen LogP contribution in [-0.4, -0.2) is 122 Å². The van der Waals surface area contributed by atoms with Gasteiger partial charge in [-0.1, -0.05) is 19.9 Å². The lowest BCUT2D eigenvalue weighted by Gasteiger charge is -2.49. The van der Waals surface area contributed by atoms with E-state index in [0.717, 1.165) is 34.6 Å². The van der Waals surface area contributed by atoms with Crippen molar-refractivity contribution in [1.82, 2.24) is 0 Å². The van der Waals surface area contributed by atoms with Crippen LogP contribution in [-0.2, 0) is 87.4 Å². The summed E-state index contributed by atoms with van der Waals surface area (Å²) in [6, 6.07) is 6.74. The number of carbonyl (C=O) groups excluding carboxylic acids is 9. The molecule has 3 aliphatic heterocycles. The van der Waals surface area contributed by atoms with E-state index in [1.54, 1.807) is 6.92 Å². The van der Waals surface area contributed by atoms with E-state index in [2.05, 4.69) is 0 Å². The molecule has 3 aliphatic rings. The van der Waals surface area contributed by atoms with Crippen LogP contribution in [0.3, 0.4) is 0 Å². The van der Waals surface area contributed by atoms with Crippen molar-refractivity contribution in [3.8, 4) is 23.0 Å². The Morgan fingerprint density at radius 3 is 1.66 bits per heavy atom. The second-order valence-corrected chi connectivity index (χ2v) is 17.3. The minimum Gasteiger partial charge on any atom is -0.493 e. The summed E-state index contributed by atoms with van der Waals surface area (Å²) in [6.45, 7) is 14.4. The topological polar surface area (TPSA) is 274 Å². The van der Waals surface area contributed by atoms with Crippen molar-refractivity contribution in [2.75, 3.05) is 7.11 Å². The number of Topliss-reactive ketones (excluding diaryl/α,β-unsaturated/α-hetero) is 2. The molecule has 0 aromatic heterocycles. The van der Waals surface area contributed by atoms with Crippen LogP contribution in [0.1, 0.15) is 110 Å². The van der Waals surface area contributed by atoms with Gasteiger partial charge in [0, 0.05) is 66.9 Å². The standard InChI is InChI=1S/C48H58O22/c1-20(2)15-33-39(62-25(7)52)22(4)59-46(41(33)63-26(8)53)69-48-45(66-29(11)56)43(64-27(9)54)44(65-28(10)55)47(70-48)68-42-38(57)37-31(16-21(3)49)17-32(60-23(5)50)19-36(37)67-40(42)30-13-14-34(61-24(6)51)35(18-30)58-12/h13-14,17-20,22,33,39-48H,15-16H2,1-12H3/t22-,33+,39?,40?,41+,42?,43?,44-,45+,46?,47+,48?/m0/s1. The third-order valence-electron chi connectivity index (χ3n) is 10.8. The Morgan fingerprint density at radius 1 is 0.600 bits per heavy atom. The third-order valence-corrected chi connectivity index (χ3v) is 10.8. The molecule has 0 amide bonds. The number of hydrogen-bond acceptors (Lipinski definition) is 22. The Kier molecular flexibility index (Phi) is 18.2. The number of benzene rings is 2. The zero-order valence-electron chi connectivity index (χ0n) is 40.8. The fourth-order valence-corrected chi connectivity index (χ4v) is 8.57. The van der Waals surface area contributed by atoms with Crippen LogP contribution in [0.5, 0.6) is 23.0 Å². The van der Waals surface area contributed by atoms with Gasteiger partial charge in [0.1, 0.15) is 23.4 Å². The van der Waals surface area contributed by atoms with Crippen LogP contribution in [0.25, 0.3) is 0 Å². The van der Waals surface area contributed by atoms with Crippen molar-refractivity contribution < 1.29 is 105 Å². The molecule has 5 rings (SSSR count). The van der Waals surface area contributed by atoms with Crippen LogP contribution < -0.4 is 18.9 Å². The minimum absolute atomic E-state index is 0.00739. The van der Waals surface area contributed by atoms with Gasteiger partial charge in [-0.25, -0.2) is 0 Å². The lowest BCUT2D eigenvalue weighted by molar-refractivity contribution is -0.399. The van der Waals surface area contributed by atoms with Crippen molar-refractivity contribution in [1.29, 1.82) is 0 Å². The van der Waals surface area contributed by atoms with Gasteiger partial charge in [0.15, 0.2) is 60.2 Å². The zero-order chi connectivity index (χ0) is 51.9. The van der Waals surface area contributed by atoms with E-state index in [0.29, 0.717) is 6.42 Å². The highest BCUT2D eigenvalue weighted by atomic mass is 16.8. The molecule has 0 aliphatic carbocycles. The summed E-state index contributed by atoms with van der Waals surface area (Å²) in [7, 11) is 1.29. The quantitative estimate of drug-likeness (QED) is 0.122. The van der Waals surface area contributed by atoms with Crippen molar-refractivity contribution in [2.45, 2.75) is 157 Å². The van der Waals surface area contributed by atoms with Crippen molar-refractivity contribution >= 4 is 53.4 Å². The van der Waals surface area contributed by atoms with Gasteiger partial charge >= 0.3 is 41.8 Å². The molecule has 0 N–H and O–H groups in total. The number of methoxy groups -OCH3 is 1. The Morgan fingerprint density at radius 2 is 1.13 bits per heavy atom. The first-order valence-electron chi connectivity index (χ1n) is 22.3. The molecule has 22 heteroatoms. The number of hydrogen-bond donors (Lipinski definition) is 0. The second-order valence-electron chi connectivity index (χ2n) is 17.3. The number of esters is 7. The van der Waals surface area contributed by atoms with Crippen molar-refractivity contribution in [3.63, 3.8) is 0 Å². The van der Waals surface area contributed by atoms with Gasteiger partial charge in [-0.3, -0.25) is 43.2 Å². The number of carbonyl (C=O) groups is 9. The molecule has 6 unspecified atom stereocenters. The maximum absolute atomic E-state index is 15.2. The first-order chi connectivity index (χ1) is 32.9. The normalized spacial score (nSPS) is 27.1. The molecule has 0 saturated carbocycles. The smallest absolute Gasteiger partial charge is 0.308 e. The number of ether oxygens (including phenoxy) is 13. The van der Waals surface area contributed by atoms with E-state index >= 15 is 4.79 Å². The molecule has 2 aromatic carbocycles. The number of rotatable bonds is 17. The first-order valence-corrected chi connectivity index (χ1v) is 22.3. The van der Waals surface area contributed by atoms with E-state index in [-0.39, 0.29) is 52.0 Å². The molecular formula is C48H58O22. The molecule has 0 bridgehead atoms. The molecule has 2 saturated heterocycles. The molecule has 2 fully saturated rings. The average molecular weight is 987 g/mol. The fourth-order valence-electron chi connectivity index (χ4n) is 8.57. The fraction of sp³-hybridized carbons (Fsp3) is 0.562. The largest absolute Gasteiger partial charge is 0.493 e. The second kappa shape index (κ2) is 23.4. The summed E-state index contributed by atoms with van der Waals surface area (Å²) in [5.41, 5.74) is 0.0430. The third kappa shape index (κ3) is 13.6. The predicted octanol–water partition coefficient (Wildman–Crippen LogP) is 4.14. The highest BCUT2D eigenvalue weighted by Gasteiger charge is 2.58. The monoisotopic (exact) mass is 986 g/mol. The molecule has 22 nitrogen and oxygen atoms in total. The Bertz CT molecular complexity index is 2340. The van der Waals surface area contributed by atoms with Gasteiger partial charge in [0.2, 0.25) is 12.6 Å². The summed E-state index contributed by atoms with van der Waals surface area (Å²) in [5.74, 6) is -7.97. The lowest BCUT2D eigenvalue weighted by atomic mass is 9.82. The van der Waals surface area contributed by atoms with Crippen LogP contribution >= 0.6 is 0 Å². The highest BCUT2D eigenvalue weighted by Crippen LogP contribution is 2.45. The van der Waals surface area contributed by atoms with Gasteiger partial charge < -0.3 is 61.6 Å². The predicted molar refractivity (Wildman–Crippen MR) is 234 cm³/mol. The maximum atomic E-state index is 15.2. The first kappa shape index (κ1) is 54.5. The number of ketones is 2. The molecule has 70 heavy (non-hydrogen) atoms. The van der Waals surface area contributed by atoms with E-state index in [9.17, 15) is 38.4 Å². The Balaban J connectivity index is 1.71. The molecule has 382 valence electrons. The van der Waals surface area contributed by atoms with E-state index in [1.807, 2.05) is 13.8 Å². The maximum Gasteiger partial charge on any atom is 0.308 e. The molecule has 12 atom stereocenters. The van der Waals surface area contributed by atoms with E-state index in [4.69, 9.17) is 61.6 Å². The molecule has 0 radical (unpaired) electrons. The Hall–Kier alpha value is -6.49. The van der Waals surface area contributed by atoms with Gasteiger partial charge in [-0.15, -0.1) is 0 Å². The SMILES string of the molecule is COc1cc(C2Oc3cc(OC(C)=O)cc(CC(C)=O)c3C(=O)C2O[C@@H]2OC(OC3O[C@@H](C)C(OC(C)=O)[C@@H](CC(C)C)[C@H]3OC(C)=O)[C@H](OC(C)=O)C(OC(C)=O)[C@@H]2OC(C)=O)ccc1OC(C)=O. The molecule has 2 aromatic rings. The zero-order valence-corrected chi connectivity index (χ0v) is 40.8. The summed E-state index contributed by atoms with van der Waals surface area (Å²) >= 11 is 0. The van der Waals surface area contributed by atoms with Crippen molar-refractivity contribution in [3.05, 3.63) is 47.0 Å². The van der Waals surface area contributed by atoms with E-state index in [1.165, 1.54) is 58.2 Å². The molecule has 0 spiro atoms. The van der Waals surface area contributed by atoms with Gasteiger partial charge in [-0.05, 0) is 55.5 Å². The van der Waals surface area contributed by atoms with Gasteiger partial charge in [0.05, 0.1) is 18.8 Å². The summed E-state index contributed by atoms with van der Waals surface area (Å²) in [4.78, 5) is 116. The average Bonchev–Trinajstić information content (AvgIpc) is 3.22. The minimum atomic E-state index is -2.01. The summed E-state index contributed by atoms with van der Waals surface area (Å²) in [5, 5.41) is 0. The van der Waals surface area contributed by atoms with Gasteiger partial charge in [0.25, 0.3) is 0 Å². The molecule has 3 heterocycles. The van der Waals surface area contributed by atoms with Crippen LogP contribution in [0.4, 0.5) is 0 Å². The highest BCUT2D eigenvalue weighted by molar-refractivity contribution is 6.05. The lowest BCUT2D eigenvalue weighted by Crippen LogP contribution is -2.65. The van der Waals surface area contributed by atoms with Crippen LogP contribution in [0, 0.1) is 11.8 Å². The number of fused-ring (bicyclic) bond motifs is 1. The Labute approximate surface area is 403 Å². The summed E-state index contributed by atoms with van der Waals surface area (Å²) in [6.07, 6.45) is -17.6. The van der Waals surface area contributed by atoms with E-state index < -0.39 is 127 Å². The summed E-state index contributed by atoms with van der Waals surface area (Å²) < 4.78 is 76.9. The van der Waals surface area contributed by atoms with Crippen LogP contribution in [0.15, 0.2) is 30.3 Å².